The summed E-state index contributed by atoms with van der Waals surface area (Å²) in [5, 5.41) is 0. The first-order chi connectivity index (χ1) is 6.36. The SMILES string of the molecule is CC1CCC(C2CCCCC2)CO1. The topological polar surface area (TPSA) is 9.23 Å². The normalized spacial score (nSPS) is 37.6. The molecular weight excluding hydrogens is 160 g/mol. The molecule has 76 valence electrons. The molecule has 0 radical (unpaired) electrons. The highest BCUT2D eigenvalue weighted by Gasteiger charge is 2.27. The van der Waals surface area contributed by atoms with Gasteiger partial charge in [-0.3, -0.25) is 0 Å². The average molecular weight is 182 g/mol. The lowest BCUT2D eigenvalue weighted by molar-refractivity contribution is -0.0274. The van der Waals surface area contributed by atoms with Crippen LogP contribution < -0.4 is 0 Å². The van der Waals surface area contributed by atoms with E-state index in [4.69, 9.17) is 4.74 Å². The van der Waals surface area contributed by atoms with E-state index in [2.05, 4.69) is 6.92 Å². The largest absolute Gasteiger partial charge is 0.378 e. The zero-order valence-electron chi connectivity index (χ0n) is 8.80. The standard InChI is InChI=1S/C12H22O/c1-10-7-8-12(9-13-10)11-5-3-2-4-6-11/h10-12H,2-9H2,1H3. The van der Waals surface area contributed by atoms with Crippen LogP contribution in [0.4, 0.5) is 0 Å². The summed E-state index contributed by atoms with van der Waals surface area (Å²) < 4.78 is 5.74. The van der Waals surface area contributed by atoms with Crippen LogP contribution in [0.25, 0.3) is 0 Å². The van der Waals surface area contributed by atoms with Crippen LogP contribution in [0.15, 0.2) is 0 Å². The van der Waals surface area contributed by atoms with E-state index >= 15 is 0 Å². The highest BCUT2D eigenvalue weighted by molar-refractivity contribution is 4.77. The van der Waals surface area contributed by atoms with Crippen molar-refractivity contribution in [1.82, 2.24) is 0 Å². The van der Waals surface area contributed by atoms with E-state index in [0.29, 0.717) is 6.10 Å². The Morgan fingerprint density at radius 3 is 2.23 bits per heavy atom. The minimum Gasteiger partial charge on any atom is -0.378 e. The van der Waals surface area contributed by atoms with Crippen LogP contribution in [0.2, 0.25) is 0 Å². The van der Waals surface area contributed by atoms with Gasteiger partial charge in [0.25, 0.3) is 0 Å². The predicted molar refractivity (Wildman–Crippen MR) is 54.7 cm³/mol. The lowest BCUT2D eigenvalue weighted by Gasteiger charge is -2.34. The van der Waals surface area contributed by atoms with Crippen LogP contribution in [0, 0.1) is 11.8 Å². The Bertz CT molecular complexity index is 141. The van der Waals surface area contributed by atoms with Crippen LogP contribution >= 0.6 is 0 Å². The van der Waals surface area contributed by atoms with Crippen LogP contribution in [0.3, 0.4) is 0 Å². The lowest BCUT2D eigenvalue weighted by Crippen LogP contribution is -2.30. The van der Waals surface area contributed by atoms with Gasteiger partial charge in [0.2, 0.25) is 0 Å². The van der Waals surface area contributed by atoms with Gasteiger partial charge in [0, 0.05) is 0 Å². The van der Waals surface area contributed by atoms with E-state index in [9.17, 15) is 0 Å². The van der Waals surface area contributed by atoms with Gasteiger partial charge < -0.3 is 4.74 Å². The van der Waals surface area contributed by atoms with Gasteiger partial charge in [-0.15, -0.1) is 0 Å². The third kappa shape index (κ3) is 2.46. The summed E-state index contributed by atoms with van der Waals surface area (Å²) in [7, 11) is 0. The molecule has 1 saturated carbocycles. The highest BCUT2D eigenvalue weighted by Crippen LogP contribution is 2.35. The van der Waals surface area contributed by atoms with Crippen molar-refractivity contribution in [2.24, 2.45) is 11.8 Å². The molecule has 1 heteroatoms. The van der Waals surface area contributed by atoms with Crippen LogP contribution in [0.1, 0.15) is 51.9 Å². The quantitative estimate of drug-likeness (QED) is 0.604. The van der Waals surface area contributed by atoms with E-state index < -0.39 is 0 Å². The zero-order chi connectivity index (χ0) is 9.10. The molecule has 0 N–H and O–H groups in total. The third-order valence-corrected chi connectivity index (χ3v) is 3.86. The Balaban J connectivity index is 1.79. The highest BCUT2D eigenvalue weighted by atomic mass is 16.5. The van der Waals surface area contributed by atoms with Crippen molar-refractivity contribution < 1.29 is 4.74 Å². The molecule has 0 aromatic carbocycles. The Morgan fingerprint density at radius 1 is 0.846 bits per heavy atom. The van der Waals surface area contributed by atoms with E-state index in [1.807, 2.05) is 0 Å². The van der Waals surface area contributed by atoms with Crippen molar-refractivity contribution in [3.8, 4) is 0 Å². The molecule has 2 fully saturated rings. The molecule has 1 aliphatic carbocycles. The Labute approximate surface area is 81.9 Å². The monoisotopic (exact) mass is 182 g/mol. The zero-order valence-corrected chi connectivity index (χ0v) is 8.80. The van der Waals surface area contributed by atoms with Gasteiger partial charge in [0.1, 0.15) is 0 Å². The summed E-state index contributed by atoms with van der Waals surface area (Å²) >= 11 is 0. The van der Waals surface area contributed by atoms with Crippen LogP contribution in [-0.2, 0) is 4.74 Å². The van der Waals surface area contributed by atoms with Gasteiger partial charge >= 0.3 is 0 Å². The smallest absolute Gasteiger partial charge is 0.0547 e. The molecule has 0 bridgehead atoms. The molecule has 2 rings (SSSR count). The molecule has 1 heterocycles. The van der Waals surface area contributed by atoms with Crippen molar-refractivity contribution in [3.63, 3.8) is 0 Å². The number of rotatable bonds is 1. The second kappa shape index (κ2) is 4.45. The second-order valence-electron chi connectivity index (χ2n) is 4.88. The van der Waals surface area contributed by atoms with Crippen molar-refractivity contribution in [3.05, 3.63) is 0 Å². The fourth-order valence-corrected chi connectivity index (χ4v) is 2.88. The molecule has 0 amide bonds. The van der Waals surface area contributed by atoms with Crippen LogP contribution in [-0.4, -0.2) is 12.7 Å². The van der Waals surface area contributed by atoms with Crippen LogP contribution in [0.5, 0.6) is 0 Å². The molecular formula is C12H22O. The van der Waals surface area contributed by atoms with Crippen molar-refractivity contribution in [2.45, 2.75) is 58.0 Å². The molecule has 2 aliphatic rings. The van der Waals surface area contributed by atoms with E-state index in [0.717, 1.165) is 18.4 Å². The molecule has 0 aromatic heterocycles. The molecule has 1 saturated heterocycles. The molecule has 13 heavy (non-hydrogen) atoms. The first kappa shape index (κ1) is 9.51. The van der Waals surface area contributed by atoms with Gasteiger partial charge in [-0.2, -0.15) is 0 Å². The molecule has 0 aromatic rings. The van der Waals surface area contributed by atoms with Gasteiger partial charge in [0.15, 0.2) is 0 Å². The summed E-state index contributed by atoms with van der Waals surface area (Å²) in [6, 6.07) is 0. The number of hydrogen-bond acceptors (Lipinski definition) is 1. The van der Waals surface area contributed by atoms with E-state index in [-0.39, 0.29) is 0 Å². The van der Waals surface area contributed by atoms with Crippen molar-refractivity contribution >= 4 is 0 Å². The van der Waals surface area contributed by atoms with Gasteiger partial charge in [0.05, 0.1) is 12.7 Å². The summed E-state index contributed by atoms with van der Waals surface area (Å²) in [6.07, 6.45) is 10.6. The maximum atomic E-state index is 5.74. The maximum Gasteiger partial charge on any atom is 0.0547 e. The van der Waals surface area contributed by atoms with Crippen molar-refractivity contribution in [1.29, 1.82) is 0 Å². The molecule has 2 atom stereocenters. The van der Waals surface area contributed by atoms with E-state index in [1.165, 1.54) is 44.9 Å². The minimum absolute atomic E-state index is 0.528. The first-order valence-electron chi connectivity index (χ1n) is 5.98. The minimum atomic E-state index is 0.528. The van der Waals surface area contributed by atoms with Gasteiger partial charge in [-0.25, -0.2) is 0 Å². The number of hydrogen-bond donors (Lipinski definition) is 0. The second-order valence-corrected chi connectivity index (χ2v) is 4.88. The molecule has 2 unspecified atom stereocenters. The summed E-state index contributed by atoms with van der Waals surface area (Å²) in [4.78, 5) is 0. The molecule has 1 aliphatic heterocycles. The Hall–Kier alpha value is -0.0400. The molecule has 0 spiro atoms. The Morgan fingerprint density at radius 2 is 1.62 bits per heavy atom. The van der Waals surface area contributed by atoms with Gasteiger partial charge in [-0.1, -0.05) is 32.1 Å². The van der Waals surface area contributed by atoms with Gasteiger partial charge in [-0.05, 0) is 31.6 Å². The fraction of sp³-hybridized carbons (Fsp3) is 1.00. The number of ether oxygens (including phenoxy) is 1. The summed E-state index contributed by atoms with van der Waals surface area (Å²) in [6.45, 7) is 3.25. The Kier molecular flexibility index (Phi) is 3.26. The summed E-state index contributed by atoms with van der Waals surface area (Å²) in [5.74, 6) is 1.90. The third-order valence-electron chi connectivity index (χ3n) is 3.86. The maximum absolute atomic E-state index is 5.74. The lowest BCUT2D eigenvalue weighted by atomic mass is 9.77. The van der Waals surface area contributed by atoms with Crippen molar-refractivity contribution in [2.75, 3.05) is 6.61 Å². The first-order valence-corrected chi connectivity index (χ1v) is 5.98. The molecule has 1 nitrogen and oxygen atoms in total. The van der Waals surface area contributed by atoms with E-state index in [1.54, 1.807) is 0 Å². The predicted octanol–water partition coefficient (Wildman–Crippen LogP) is 3.38. The summed E-state index contributed by atoms with van der Waals surface area (Å²) in [5.41, 5.74) is 0. The fourth-order valence-electron chi connectivity index (χ4n) is 2.88. The average Bonchev–Trinajstić information content (AvgIpc) is 2.20.